The van der Waals surface area contributed by atoms with Crippen LogP contribution < -0.4 is 0 Å². The van der Waals surface area contributed by atoms with E-state index in [0.29, 0.717) is 0 Å². The van der Waals surface area contributed by atoms with Gasteiger partial charge in [0.1, 0.15) is 11.2 Å². The van der Waals surface area contributed by atoms with Gasteiger partial charge in [-0.2, -0.15) is 0 Å². The van der Waals surface area contributed by atoms with Crippen molar-refractivity contribution in [2.45, 2.75) is 0 Å². The van der Waals surface area contributed by atoms with Gasteiger partial charge < -0.3 is 4.42 Å². The minimum atomic E-state index is 0.897. The third-order valence-electron chi connectivity index (χ3n) is 10.8. The Hall–Kier alpha value is -6.70. The molecule has 0 amide bonds. The van der Waals surface area contributed by atoms with Gasteiger partial charge in [0.25, 0.3) is 0 Å². The minimum absolute atomic E-state index is 0.897. The topological polar surface area (TPSA) is 13.1 Å². The molecule has 1 heterocycles. The Morgan fingerprint density at radius 1 is 0.294 bits per heavy atom. The number of hydrogen-bond acceptors (Lipinski definition) is 1. The SMILES string of the molecule is c1ccc(-c2cc3ccccc3c3c2oc2cccc(-c4c5ccccc5c(-c5cccc6c5ccc5ccccc56)c5ccccc45)c23)cc1. The molecule has 1 aromatic heterocycles. The Bertz CT molecular complexity index is 3130. The van der Waals surface area contributed by atoms with Gasteiger partial charge >= 0.3 is 0 Å². The van der Waals surface area contributed by atoms with E-state index in [1.807, 2.05) is 0 Å². The summed E-state index contributed by atoms with van der Waals surface area (Å²) in [4.78, 5) is 0. The lowest BCUT2D eigenvalue weighted by atomic mass is 9.83. The van der Waals surface area contributed by atoms with Crippen LogP contribution in [0.2, 0.25) is 0 Å². The first kappa shape index (κ1) is 28.2. The van der Waals surface area contributed by atoms with E-state index in [4.69, 9.17) is 4.42 Å². The third-order valence-corrected chi connectivity index (χ3v) is 10.8. The van der Waals surface area contributed by atoms with Gasteiger partial charge in [-0.15, -0.1) is 0 Å². The number of hydrogen-bond donors (Lipinski definition) is 0. The Morgan fingerprint density at radius 3 is 1.57 bits per heavy atom. The highest BCUT2D eigenvalue weighted by Gasteiger charge is 2.23. The number of furan rings is 1. The first-order valence-electron chi connectivity index (χ1n) is 17.6. The van der Waals surface area contributed by atoms with Crippen molar-refractivity contribution in [3.63, 3.8) is 0 Å². The molecule has 0 N–H and O–H groups in total. The van der Waals surface area contributed by atoms with E-state index in [2.05, 4.69) is 182 Å². The molecule has 0 aliphatic rings. The van der Waals surface area contributed by atoms with E-state index >= 15 is 0 Å². The predicted octanol–water partition coefficient (Wildman–Crippen LogP) is 14.4. The molecule has 10 aromatic carbocycles. The van der Waals surface area contributed by atoms with Crippen LogP contribution in [0.4, 0.5) is 0 Å². The summed E-state index contributed by atoms with van der Waals surface area (Å²) in [7, 11) is 0. The van der Waals surface area contributed by atoms with Gasteiger partial charge in [-0.1, -0.05) is 170 Å². The van der Waals surface area contributed by atoms with Crippen LogP contribution in [0.5, 0.6) is 0 Å². The fraction of sp³-hybridized carbons (Fsp3) is 0. The number of benzene rings is 10. The zero-order valence-corrected chi connectivity index (χ0v) is 27.7. The summed E-state index contributed by atoms with van der Waals surface area (Å²) in [5.41, 5.74) is 9.03. The molecular weight excluding hydrogens is 617 g/mol. The Balaban J connectivity index is 1.29. The van der Waals surface area contributed by atoms with E-state index < -0.39 is 0 Å². The van der Waals surface area contributed by atoms with E-state index in [1.165, 1.54) is 76.1 Å². The summed E-state index contributed by atoms with van der Waals surface area (Å²) < 4.78 is 6.91. The molecule has 0 unspecified atom stereocenters. The standard InChI is InChI=1S/C50H30O/c1-2-14-31(15-3-1)44-30-33-17-5-7-19-35(33)49-48-43(26-13-27-45(48)51-50(44)49)47-41-22-10-8-20-39(41)46(40-21-9-11-23-42(40)47)38-25-12-24-36-34-18-6-4-16-32(34)28-29-37(36)38/h1-30H. The van der Waals surface area contributed by atoms with Crippen molar-refractivity contribution in [2.75, 3.05) is 0 Å². The minimum Gasteiger partial charge on any atom is -0.455 e. The largest absolute Gasteiger partial charge is 0.455 e. The maximum atomic E-state index is 6.91. The van der Waals surface area contributed by atoms with E-state index in [0.717, 1.165) is 33.1 Å². The van der Waals surface area contributed by atoms with Gasteiger partial charge in [0.15, 0.2) is 0 Å². The normalized spacial score (nSPS) is 11.9. The van der Waals surface area contributed by atoms with Crippen molar-refractivity contribution in [3.05, 3.63) is 182 Å². The number of fused-ring (bicyclic) bond motifs is 10. The fourth-order valence-corrected chi connectivity index (χ4v) is 8.67. The lowest BCUT2D eigenvalue weighted by Gasteiger charge is -2.19. The molecule has 0 bridgehead atoms. The second-order valence-electron chi connectivity index (χ2n) is 13.5. The molecular formula is C50H30O. The van der Waals surface area contributed by atoms with Crippen LogP contribution in [0.25, 0.3) is 109 Å². The lowest BCUT2D eigenvalue weighted by Crippen LogP contribution is -1.92. The second kappa shape index (κ2) is 10.9. The van der Waals surface area contributed by atoms with Gasteiger partial charge in [-0.25, -0.2) is 0 Å². The van der Waals surface area contributed by atoms with Crippen LogP contribution in [0.1, 0.15) is 0 Å². The second-order valence-corrected chi connectivity index (χ2v) is 13.5. The molecule has 0 saturated heterocycles. The van der Waals surface area contributed by atoms with Gasteiger partial charge in [0.05, 0.1) is 0 Å². The monoisotopic (exact) mass is 646 g/mol. The van der Waals surface area contributed by atoms with Crippen molar-refractivity contribution in [1.29, 1.82) is 0 Å². The smallest absolute Gasteiger partial charge is 0.143 e. The zero-order chi connectivity index (χ0) is 33.5. The summed E-state index contributed by atoms with van der Waals surface area (Å²) in [6.07, 6.45) is 0. The van der Waals surface area contributed by atoms with Crippen molar-refractivity contribution in [1.82, 2.24) is 0 Å². The summed E-state index contributed by atoms with van der Waals surface area (Å²) in [6, 6.07) is 66.1. The Kier molecular flexibility index (Phi) is 6.02. The van der Waals surface area contributed by atoms with Gasteiger partial charge in [0.2, 0.25) is 0 Å². The average molecular weight is 647 g/mol. The molecule has 51 heavy (non-hydrogen) atoms. The molecule has 0 saturated carbocycles. The van der Waals surface area contributed by atoms with Crippen molar-refractivity contribution in [3.8, 4) is 33.4 Å². The third kappa shape index (κ3) is 4.09. The average Bonchev–Trinajstić information content (AvgIpc) is 3.60. The molecule has 236 valence electrons. The Labute approximate surface area is 294 Å². The van der Waals surface area contributed by atoms with Crippen LogP contribution in [0.3, 0.4) is 0 Å². The molecule has 1 heteroatoms. The van der Waals surface area contributed by atoms with Crippen molar-refractivity contribution >= 4 is 75.8 Å². The molecule has 0 radical (unpaired) electrons. The van der Waals surface area contributed by atoms with Gasteiger partial charge in [-0.05, 0) is 93.8 Å². The van der Waals surface area contributed by atoms with E-state index in [9.17, 15) is 0 Å². The molecule has 1 nitrogen and oxygen atoms in total. The van der Waals surface area contributed by atoms with E-state index in [1.54, 1.807) is 0 Å². The zero-order valence-electron chi connectivity index (χ0n) is 27.7. The highest BCUT2D eigenvalue weighted by atomic mass is 16.3. The van der Waals surface area contributed by atoms with Crippen LogP contribution >= 0.6 is 0 Å². The highest BCUT2D eigenvalue weighted by molar-refractivity contribution is 6.31. The predicted molar refractivity (Wildman–Crippen MR) is 218 cm³/mol. The molecule has 0 aliphatic carbocycles. The van der Waals surface area contributed by atoms with Crippen LogP contribution in [-0.4, -0.2) is 0 Å². The van der Waals surface area contributed by atoms with Crippen molar-refractivity contribution in [2.24, 2.45) is 0 Å². The van der Waals surface area contributed by atoms with Crippen LogP contribution in [-0.2, 0) is 0 Å². The van der Waals surface area contributed by atoms with Gasteiger partial charge in [0, 0.05) is 16.3 Å². The van der Waals surface area contributed by atoms with E-state index in [-0.39, 0.29) is 0 Å². The first-order valence-corrected chi connectivity index (χ1v) is 17.6. The first-order chi connectivity index (χ1) is 25.3. The fourth-order valence-electron chi connectivity index (χ4n) is 8.67. The van der Waals surface area contributed by atoms with Crippen LogP contribution in [0, 0.1) is 0 Å². The molecule has 11 aromatic rings. The van der Waals surface area contributed by atoms with Crippen LogP contribution in [0.15, 0.2) is 186 Å². The summed E-state index contributed by atoms with van der Waals surface area (Å²) in [5, 5.41) is 14.7. The van der Waals surface area contributed by atoms with Gasteiger partial charge in [-0.3, -0.25) is 0 Å². The summed E-state index contributed by atoms with van der Waals surface area (Å²) >= 11 is 0. The molecule has 0 fully saturated rings. The molecule has 11 rings (SSSR count). The maximum absolute atomic E-state index is 6.91. The molecule has 0 aliphatic heterocycles. The highest BCUT2D eigenvalue weighted by Crippen LogP contribution is 2.50. The maximum Gasteiger partial charge on any atom is 0.143 e. The summed E-state index contributed by atoms with van der Waals surface area (Å²) in [6.45, 7) is 0. The van der Waals surface area contributed by atoms with Crippen molar-refractivity contribution < 1.29 is 4.42 Å². The molecule has 0 spiro atoms. The number of rotatable bonds is 3. The molecule has 0 atom stereocenters. The summed E-state index contributed by atoms with van der Waals surface area (Å²) in [5.74, 6) is 0. The Morgan fingerprint density at radius 2 is 0.843 bits per heavy atom. The lowest BCUT2D eigenvalue weighted by molar-refractivity contribution is 0.670. The quantitative estimate of drug-likeness (QED) is 0.138.